The van der Waals surface area contributed by atoms with Gasteiger partial charge in [-0.1, -0.05) is 37.3 Å². The maximum atomic E-state index is 2.66. The molecule has 0 bridgehead atoms. The fourth-order valence-corrected chi connectivity index (χ4v) is 5.45. The first kappa shape index (κ1) is 8.84. The smallest absolute Gasteiger partial charge is 0.0135 e. The summed E-state index contributed by atoms with van der Waals surface area (Å²) in [5, 5.41) is 0. The molecule has 6 unspecified atom stereocenters. The Kier molecular flexibility index (Phi) is 1.71. The zero-order chi connectivity index (χ0) is 9.99. The lowest BCUT2D eigenvalue weighted by molar-refractivity contribution is 0.230. The van der Waals surface area contributed by atoms with Gasteiger partial charge in [0.2, 0.25) is 0 Å². The summed E-state index contributed by atoms with van der Waals surface area (Å²) in [5.41, 5.74) is 1.77. The van der Waals surface area contributed by atoms with Crippen LogP contribution in [-0.4, -0.2) is 0 Å². The van der Waals surface area contributed by atoms with Crippen molar-refractivity contribution in [3.8, 4) is 0 Å². The van der Waals surface area contributed by atoms with E-state index in [2.05, 4.69) is 13.0 Å². The van der Waals surface area contributed by atoms with Crippen molar-refractivity contribution in [1.82, 2.24) is 0 Å². The maximum Gasteiger partial charge on any atom is -0.0135 e. The topological polar surface area (TPSA) is 0 Å². The molecule has 82 valence electrons. The van der Waals surface area contributed by atoms with Crippen LogP contribution in [0.4, 0.5) is 0 Å². The van der Waals surface area contributed by atoms with Gasteiger partial charge in [-0.2, -0.15) is 0 Å². The van der Waals surface area contributed by atoms with Gasteiger partial charge in [-0.25, -0.2) is 0 Å². The first-order chi connectivity index (χ1) is 7.38. The number of hydrogen-bond donors (Lipinski definition) is 0. The van der Waals surface area contributed by atoms with Crippen molar-refractivity contribution >= 4 is 0 Å². The third-order valence-electron chi connectivity index (χ3n) is 5.92. The van der Waals surface area contributed by atoms with Crippen molar-refractivity contribution in [2.75, 3.05) is 0 Å². The number of fused-ring (bicyclic) bond motifs is 4. The summed E-state index contributed by atoms with van der Waals surface area (Å²) in [6, 6.07) is 0. The minimum absolute atomic E-state index is 1.03. The van der Waals surface area contributed by atoms with Crippen LogP contribution in [-0.2, 0) is 0 Å². The first-order valence-corrected chi connectivity index (χ1v) is 7.06. The molecule has 0 N–H and O–H groups in total. The molecule has 0 aromatic rings. The average Bonchev–Trinajstić information content (AvgIpc) is 2.74. The fourth-order valence-electron chi connectivity index (χ4n) is 5.45. The van der Waals surface area contributed by atoms with E-state index in [0.717, 1.165) is 35.5 Å². The lowest BCUT2D eigenvalue weighted by Gasteiger charge is -2.28. The van der Waals surface area contributed by atoms with Crippen LogP contribution in [0.1, 0.15) is 45.4 Å². The van der Waals surface area contributed by atoms with E-state index in [1.807, 2.05) is 0 Å². The first-order valence-electron chi connectivity index (χ1n) is 7.06. The highest BCUT2D eigenvalue weighted by Crippen LogP contribution is 2.73. The molecule has 4 rings (SSSR count). The Hall–Kier alpha value is -0.260. The van der Waals surface area contributed by atoms with Crippen molar-refractivity contribution in [2.24, 2.45) is 35.5 Å². The van der Waals surface area contributed by atoms with Crippen molar-refractivity contribution in [3.05, 3.63) is 11.6 Å². The van der Waals surface area contributed by atoms with E-state index in [1.165, 1.54) is 25.7 Å². The highest BCUT2D eigenvalue weighted by Gasteiger charge is 2.68. The van der Waals surface area contributed by atoms with E-state index in [0.29, 0.717) is 0 Å². The molecule has 0 heterocycles. The van der Waals surface area contributed by atoms with Gasteiger partial charge in [-0.05, 0) is 55.3 Å². The summed E-state index contributed by atoms with van der Waals surface area (Å²) in [7, 11) is 0. The van der Waals surface area contributed by atoms with Crippen LogP contribution in [0.2, 0.25) is 0 Å². The molecule has 0 saturated heterocycles. The highest BCUT2D eigenvalue weighted by molar-refractivity contribution is 5.34. The fraction of sp³-hybridized carbons (Fsp3) is 0.867. The van der Waals surface area contributed by atoms with Gasteiger partial charge in [-0.3, -0.25) is 0 Å². The van der Waals surface area contributed by atoms with E-state index in [9.17, 15) is 0 Å². The van der Waals surface area contributed by atoms with Gasteiger partial charge in [0.15, 0.2) is 0 Å². The van der Waals surface area contributed by atoms with Crippen LogP contribution in [0.5, 0.6) is 0 Å². The molecule has 3 saturated carbocycles. The molecule has 0 amide bonds. The Morgan fingerprint density at radius 2 is 1.67 bits per heavy atom. The summed E-state index contributed by atoms with van der Waals surface area (Å²) in [5.74, 6) is 6.63. The van der Waals surface area contributed by atoms with Crippen molar-refractivity contribution in [1.29, 1.82) is 0 Å². The predicted molar refractivity (Wildman–Crippen MR) is 62.4 cm³/mol. The number of rotatable bonds is 0. The molecule has 0 nitrogen and oxygen atoms in total. The summed E-state index contributed by atoms with van der Waals surface area (Å²) < 4.78 is 0. The SMILES string of the molecule is CC1=CC2C3CCCCCCC3C3C1C23. The zero-order valence-electron chi connectivity index (χ0n) is 9.78. The van der Waals surface area contributed by atoms with Gasteiger partial charge >= 0.3 is 0 Å². The van der Waals surface area contributed by atoms with Crippen molar-refractivity contribution < 1.29 is 0 Å². The van der Waals surface area contributed by atoms with Crippen molar-refractivity contribution in [3.63, 3.8) is 0 Å². The van der Waals surface area contributed by atoms with E-state index in [-0.39, 0.29) is 0 Å². The van der Waals surface area contributed by atoms with E-state index < -0.39 is 0 Å². The Bertz CT molecular complexity index is 314. The Morgan fingerprint density at radius 1 is 0.933 bits per heavy atom. The van der Waals surface area contributed by atoms with Crippen molar-refractivity contribution in [2.45, 2.75) is 45.4 Å². The molecule has 4 aliphatic rings. The quantitative estimate of drug-likeness (QED) is 0.520. The largest absolute Gasteiger partial charge is 0.0816 e. The van der Waals surface area contributed by atoms with Crippen LogP contribution in [0.15, 0.2) is 11.6 Å². The maximum absolute atomic E-state index is 2.66. The van der Waals surface area contributed by atoms with Gasteiger partial charge in [0.05, 0.1) is 0 Å². The third-order valence-corrected chi connectivity index (χ3v) is 5.92. The Balaban J connectivity index is 1.64. The summed E-state index contributed by atoms with van der Waals surface area (Å²) >= 11 is 0. The molecule has 0 aromatic carbocycles. The molecular weight excluding hydrogens is 180 g/mol. The van der Waals surface area contributed by atoms with Crippen LogP contribution < -0.4 is 0 Å². The second-order valence-electron chi connectivity index (χ2n) is 6.49. The van der Waals surface area contributed by atoms with Gasteiger partial charge in [0, 0.05) is 0 Å². The second kappa shape index (κ2) is 2.90. The van der Waals surface area contributed by atoms with Crippen LogP contribution in [0.25, 0.3) is 0 Å². The number of allylic oxidation sites excluding steroid dienone is 2. The monoisotopic (exact) mass is 202 g/mol. The van der Waals surface area contributed by atoms with Gasteiger partial charge < -0.3 is 0 Å². The highest BCUT2D eigenvalue weighted by atomic mass is 14.7. The lowest BCUT2D eigenvalue weighted by Crippen LogP contribution is -2.20. The summed E-state index contributed by atoms with van der Waals surface area (Å²) in [4.78, 5) is 0. The molecule has 0 spiro atoms. The third kappa shape index (κ3) is 1.04. The Labute approximate surface area is 93.1 Å². The molecule has 0 radical (unpaired) electrons. The van der Waals surface area contributed by atoms with Gasteiger partial charge in [0.1, 0.15) is 0 Å². The van der Waals surface area contributed by atoms with Crippen LogP contribution >= 0.6 is 0 Å². The molecule has 0 aliphatic heterocycles. The summed E-state index contributed by atoms with van der Waals surface area (Å²) in [6.45, 7) is 2.40. The summed E-state index contributed by atoms with van der Waals surface area (Å²) in [6.07, 6.45) is 11.9. The molecular formula is C15H22. The minimum Gasteiger partial charge on any atom is -0.0816 e. The predicted octanol–water partition coefficient (Wildman–Crippen LogP) is 4.02. The lowest BCUT2D eigenvalue weighted by atomic mass is 9.77. The normalized spacial score (nSPS) is 56.5. The van der Waals surface area contributed by atoms with Crippen LogP contribution in [0.3, 0.4) is 0 Å². The standard InChI is InChI=1S/C15H22/c1-9-8-12-10-6-4-2-3-5-7-11(10)14-13(9)15(12)14/h8,10-15H,2-7H2,1H3. The second-order valence-corrected chi connectivity index (χ2v) is 6.49. The van der Waals surface area contributed by atoms with E-state index in [4.69, 9.17) is 0 Å². The van der Waals surface area contributed by atoms with E-state index in [1.54, 1.807) is 18.4 Å². The van der Waals surface area contributed by atoms with Gasteiger partial charge in [0.25, 0.3) is 0 Å². The molecule has 0 heteroatoms. The molecule has 3 fully saturated rings. The average molecular weight is 202 g/mol. The van der Waals surface area contributed by atoms with Crippen LogP contribution in [0, 0.1) is 35.5 Å². The molecule has 4 aliphatic carbocycles. The van der Waals surface area contributed by atoms with Gasteiger partial charge in [-0.15, -0.1) is 0 Å². The molecule has 0 aromatic heterocycles. The minimum atomic E-state index is 1.03. The number of hydrogen-bond acceptors (Lipinski definition) is 0. The zero-order valence-corrected chi connectivity index (χ0v) is 9.78. The van der Waals surface area contributed by atoms with E-state index >= 15 is 0 Å². The molecule has 6 atom stereocenters. The molecule has 15 heavy (non-hydrogen) atoms. The Morgan fingerprint density at radius 3 is 2.47 bits per heavy atom.